The van der Waals surface area contributed by atoms with Crippen LogP contribution in [0.15, 0.2) is 12.1 Å². The van der Waals surface area contributed by atoms with Crippen LogP contribution in [0, 0.1) is 5.92 Å². The number of benzene rings is 1. The number of aliphatic carboxylic acids is 1. The molecule has 0 radical (unpaired) electrons. The molecule has 6 nitrogen and oxygen atoms in total. The average molecular weight is 290 g/mol. The molecule has 0 saturated heterocycles. The molecule has 1 fully saturated rings. The molecule has 2 atom stereocenters. The summed E-state index contributed by atoms with van der Waals surface area (Å²) in [4.78, 5) is 18.9. The van der Waals surface area contributed by atoms with Crippen molar-refractivity contribution in [3.63, 3.8) is 0 Å². The summed E-state index contributed by atoms with van der Waals surface area (Å²) in [6.07, 6.45) is 2.21. The van der Waals surface area contributed by atoms with E-state index in [1.807, 2.05) is 12.1 Å². The molecule has 2 unspecified atom stereocenters. The smallest absolute Gasteiger partial charge is 0.306 e. The van der Waals surface area contributed by atoms with Gasteiger partial charge in [0.05, 0.1) is 31.2 Å². The van der Waals surface area contributed by atoms with E-state index in [0.29, 0.717) is 24.3 Å². The van der Waals surface area contributed by atoms with Crippen LogP contribution in [0.2, 0.25) is 0 Å². The Morgan fingerprint density at radius 3 is 2.62 bits per heavy atom. The van der Waals surface area contributed by atoms with Crippen molar-refractivity contribution in [1.82, 2.24) is 9.97 Å². The van der Waals surface area contributed by atoms with Gasteiger partial charge in [0, 0.05) is 18.1 Å². The number of carbonyl (C=O) groups is 1. The molecule has 2 N–H and O–H groups in total. The third-order valence-electron chi connectivity index (χ3n) is 4.17. The van der Waals surface area contributed by atoms with Crippen LogP contribution in [0.3, 0.4) is 0 Å². The number of imidazole rings is 1. The van der Waals surface area contributed by atoms with Gasteiger partial charge in [-0.15, -0.1) is 0 Å². The number of nitrogens with one attached hydrogen (secondary N) is 1. The lowest BCUT2D eigenvalue weighted by Crippen LogP contribution is -2.09. The average Bonchev–Trinajstić information content (AvgIpc) is 3.11. The second-order valence-corrected chi connectivity index (χ2v) is 5.39. The number of H-pyrrole nitrogens is 1. The highest BCUT2D eigenvalue weighted by atomic mass is 16.5. The topological polar surface area (TPSA) is 84.4 Å². The first-order chi connectivity index (χ1) is 10.1. The monoisotopic (exact) mass is 290 g/mol. The Balaban J connectivity index is 1.93. The van der Waals surface area contributed by atoms with Crippen LogP contribution in [-0.4, -0.2) is 35.3 Å². The van der Waals surface area contributed by atoms with Gasteiger partial charge in [-0.25, -0.2) is 4.98 Å². The van der Waals surface area contributed by atoms with Crippen molar-refractivity contribution >= 4 is 17.0 Å². The van der Waals surface area contributed by atoms with Crippen LogP contribution in [0.25, 0.3) is 11.0 Å². The van der Waals surface area contributed by atoms with Gasteiger partial charge in [0.1, 0.15) is 5.82 Å². The highest BCUT2D eigenvalue weighted by Gasteiger charge is 2.32. The highest BCUT2D eigenvalue weighted by Crippen LogP contribution is 2.39. The van der Waals surface area contributed by atoms with Crippen LogP contribution >= 0.6 is 0 Å². The van der Waals surface area contributed by atoms with Crippen molar-refractivity contribution in [2.24, 2.45) is 5.92 Å². The molecule has 2 aromatic rings. The molecule has 0 aliphatic heterocycles. The van der Waals surface area contributed by atoms with Crippen molar-refractivity contribution in [2.75, 3.05) is 14.2 Å². The van der Waals surface area contributed by atoms with Gasteiger partial charge in [0.2, 0.25) is 0 Å². The molecule has 6 heteroatoms. The van der Waals surface area contributed by atoms with E-state index >= 15 is 0 Å². The number of fused-ring (bicyclic) bond motifs is 1. The van der Waals surface area contributed by atoms with E-state index in [1.165, 1.54) is 0 Å². The standard InChI is InChI=1S/C15H18N2O4/c1-20-12-6-10-11(7-13(12)21-2)17-14(16-10)8-3-4-9(5-8)15(18)19/h6-9H,3-5H2,1-2H3,(H,16,17)(H,18,19). The summed E-state index contributed by atoms with van der Waals surface area (Å²) >= 11 is 0. The van der Waals surface area contributed by atoms with Crippen molar-refractivity contribution in [2.45, 2.75) is 25.2 Å². The van der Waals surface area contributed by atoms with E-state index in [2.05, 4.69) is 9.97 Å². The molecule has 0 amide bonds. The van der Waals surface area contributed by atoms with E-state index < -0.39 is 5.97 Å². The molecule has 21 heavy (non-hydrogen) atoms. The van der Waals surface area contributed by atoms with Gasteiger partial charge >= 0.3 is 5.97 Å². The summed E-state index contributed by atoms with van der Waals surface area (Å²) in [5, 5.41) is 9.09. The van der Waals surface area contributed by atoms with E-state index in [0.717, 1.165) is 23.3 Å². The molecule has 0 spiro atoms. The molecule has 1 aromatic carbocycles. The summed E-state index contributed by atoms with van der Waals surface area (Å²) < 4.78 is 10.5. The maximum absolute atomic E-state index is 11.1. The highest BCUT2D eigenvalue weighted by molar-refractivity contribution is 5.80. The lowest BCUT2D eigenvalue weighted by atomic mass is 10.0. The predicted molar refractivity (Wildman–Crippen MR) is 76.9 cm³/mol. The Hall–Kier alpha value is -2.24. The number of hydrogen-bond acceptors (Lipinski definition) is 4. The molecule has 112 valence electrons. The van der Waals surface area contributed by atoms with Crippen LogP contribution in [0.1, 0.15) is 31.0 Å². The molecule has 1 aliphatic rings. The second-order valence-electron chi connectivity index (χ2n) is 5.39. The Bertz CT molecular complexity index is 639. The minimum Gasteiger partial charge on any atom is -0.493 e. The van der Waals surface area contributed by atoms with Gasteiger partial charge in [-0.05, 0) is 19.3 Å². The van der Waals surface area contributed by atoms with Gasteiger partial charge in [-0.3, -0.25) is 4.79 Å². The minimum atomic E-state index is -0.711. The molecule has 1 aromatic heterocycles. The molecule has 3 rings (SSSR count). The number of nitrogens with zero attached hydrogens (tertiary/aromatic N) is 1. The molecule has 0 bridgehead atoms. The van der Waals surface area contributed by atoms with E-state index in [-0.39, 0.29) is 11.8 Å². The van der Waals surface area contributed by atoms with Gasteiger partial charge in [-0.1, -0.05) is 0 Å². The van der Waals surface area contributed by atoms with Crippen LogP contribution in [0.4, 0.5) is 0 Å². The molecule has 1 heterocycles. The fraction of sp³-hybridized carbons (Fsp3) is 0.467. The maximum Gasteiger partial charge on any atom is 0.306 e. The third-order valence-corrected chi connectivity index (χ3v) is 4.17. The Morgan fingerprint density at radius 2 is 2.00 bits per heavy atom. The van der Waals surface area contributed by atoms with Gasteiger partial charge in [0.15, 0.2) is 11.5 Å². The fourth-order valence-electron chi connectivity index (χ4n) is 3.00. The number of carboxylic acids is 1. The van der Waals surface area contributed by atoms with Gasteiger partial charge in [-0.2, -0.15) is 0 Å². The zero-order chi connectivity index (χ0) is 15.0. The Labute approximate surface area is 122 Å². The summed E-state index contributed by atoms with van der Waals surface area (Å²) in [5.41, 5.74) is 1.68. The van der Waals surface area contributed by atoms with E-state index in [9.17, 15) is 4.79 Å². The zero-order valence-electron chi connectivity index (χ0n) is 12.0. The molecule has 1 saturated carbocycles. The second kappa shape index (κ2) is 5.27. The third kappa shape index (κ3) is 2.41. The number of ether oxygens (including phenoxy) is 2. The quantitative estimate of drug-likeness (QED) is 0.904. The number of hydrogen-bond donors (Lipinski definition) is 2. The van der Waals surface area contributed by atoms with Crippen molar-refractivity contribution in [1.29, 1.82) is 0 Å². The normalized spacial score (nSPS) is 21.6. The van der Waals surface area contributed by atoms with Crippen molar-refractivity contribution < 1.29 is 19.4 Å². The lowest BCUT2D eigenvalue weighted by molar-refractivity contribution is -0.141. The van der Waals surface area contributed by atoms with Crippen LogP contribution in [-0.2, 0) is 4.79 Å². The molecular formula is C15H18N2O4. The first-order valence-electron chi connectivity index (χ1n) is 6.96. The maximum atomic E-state index is 11.1. The number of aromatic amines is 1. The lowest BCUT2D eigenvalue weighted by Gasteiger charge is -2.06. The van der Waals surface area contributed by atoms with Crippen molar-refractivity contribution in [3.05, 3.63) is 18.0 Å². The van der Waals surface area contributed by atoms with Crippen LogP contribution < -0.4 is 9.47 Å². The number of methoxy groups -OCH3 is 2. The minimum absolute atomic E-state index is 0.176. The Kier molecular flexibility index (Phi) is 3.45. The summed E-state index contributed by atoms with van der Waals surface area (Å²) in [6.45, 7) is 0. The summed E-state index contributed by atoms with van der Waals surface area (Å²) in [6, 6.07) is 3.69. The largest absolute Gasteiger partial charge is 0.493 e. The SMILES string of the molecule is COc1cc2nc(C3CCC(C(=O)O)C3)[nH]c2cc1OC. The fourth-order valence-corrected chi connectivity index (χ4v) is 3.00. The van der Waals surface area contributed by atoms with Gasteiger partial charge in [0.25, 0.3) is 0 Å². The molecular weight excluding hydrogens is 272 g/mol. The van der Waals surface area contributed by atoms with Crippen LogP contribution in [0.5, 0.6) is 11.5 Å². The number of aromatic nitrogens is 2. The Morgan fingerprint density at radius 1 is 1.29 bits per heavy atom. The molecule has 1 aliphatic carbocycles. The van der Waals surface area contributed by atoms with E-state index in [1.54, 1.807) is 14.2 Å². The predicted octanol–water partition coefficient (Wildman–Crippen LogP) is 2.55. The zero-order valence-corrected chi connectivity index (χ0v) is 12.0. The summed E-state index contributed by atoms with van der Waals surface area (Å²) in [7, 11) is 3.18. The first-order valence-corrected chi connectivity index (χ1v) is 6.96. The van der Waals surface area contributed by atoms with Gasteiger partial charge < -0.3 is 19.6 Å². The summed E-state index contributed by atoms with van der Waals surface area (Å²) in [5.74, 6) is 1.34. The first kappa shape index (κ1) is 13.7. The van der Waals surface area contributed by atoms with Crippen molar-refractivity contribution in [3.8, 4) is 11.5 Å². The van der Waals surface area contributed by atoms with E-state index in [4.69, 9.17) is 14.6 Å². The number of carboxylic acid groups (broad SMARTS) is 1. The number of rotatable bonds is 4.